The normalized spacial score (nSPS) is 9.94. The molecule has 0 aliphatic rings. The number of para-hydroxylation sites is 1. The van der Waals surface area contributed by atoms with Crippen molar-refractivity contribution in [2.75, 3.05) is 19.8 Å². The Morgan fingerprint density at radius 2 is 2.00 bits per heavy atom. The van der Waals surface area contributed by atoms with Crippen LogP contribution in [0.5, 0.6) is 5.75 Å². The fourth-order valence-electron chi connectivity index (χ4n) is 1.33. The largest absolute Gasteiger partial charge is 0.493 e. The Kier molecular flexibility index (Phi) is 6.82. The predicted octanol–water partition coefficient (Wildman–Crippen LogP) is 1.34. The number of benzene rings is 1. The molecule has 0 saturated carbocycles. The molecule has 0 aromatic heterocycles. The van der Waals surface area contributed by atoms with Crippen molar-refractivity contribution in [1.29, 1.82) is 0 Å². The molecule has 0 heterocycles. The first-order valence-electron chi connectivity index (χ1n) is 5.88. The summed E-state index contributed by atoms with van der Waals surface area (Å²) >= 11 is 0. The van der Waals surface area contributed by atoms with Gasteiger partial charge in [0.1, 0.15) is 5.75 Å². The van der Waals surface area contributed by atoms with Crippen molar-refractivity contribution >= 4 is 5.91 Å². The summed E-state index contributed by atoms with van der Waals surface area (Å²) in [5.74, 6) is 0.763. The van der Waals surface area contributed by atoms with Crippen LogP contribution in [0.4, 0.5) is 0 Å². The van der Waals surface area contributed by atoms with Gasteiger partial charge in [0.05, 0.1) is 13.0 Å². The number of aliphatic hydroxyl groups is 1. The number of unbranched alkanes of at least 4 members (excludes halogenated alkanes) is 1. The summed E-state index contributed by atoms with van der Waals surface area (Å²) in [5.41, 5.74) is 0. The third kappa shape index (κ3) is 6.58. The van der Waals surface area contributed by atoms with E-state index in [0.29, 0.717) is 19.6 Å². The molecule has 0 saturated heterocycles. The highest BCUT2D eigenvalue weighted by molar-refractivity contribution is 5.75. The van der Waals surface area contributed by atoms with Crippen LogP contribution in [0.2, 0.25) is 0 Å². The molecule has 4 nitrogen and oxygen atoms in total. The molecule has 17 heavy (non-hydrogen) atoms. The number of amides is 1. The second-order valence-electron chi connectivity index (χ2n) is 3.69. The number of hydrogen-bond acceptors (Lipinski definition) is 3. The van der Waals surface area contributed by atoms with Crippen LogP contribution in [0, 0.1) is 0 Å². The Labute approximate surface area is 102 Å². The third-order valence-electron chi connectivity index (χ3n) is 2.25. The Morgan fingerprint density at radius 1 is 1.24 bits per heavy atom. The zero-order valence-electron chi connectivity index (χ0n) is 9.89. The molecular weight excluding hydrogens is 218 g/mol. The Hall–Kier alpha value is -1.55. The van der Waals surface area contributed by atoms with E-state index >= 15 is 0 Å². The van der Waals surface area contributed by atoms with Crippen LogP contribution in [-0.2, 0) is 4.79 Å². The Balaban J connectivity index is 2.04. The summed E-state index contributed by atoms with van der Waals surface area (Å²) in [5, 5.41) is 11.3. The van der Waals surface area contributed by atoms with Gasteiger partial charge in [-0.2, -0.15) is 0 Å². The van der Waals surface area contributed by atoms with Crippen LogP contribution in [0.15, 0.2) is 30.3 Å². The van der Waals surface area contributed by atoms with E-state index in [9.17, 15) is 4.79 Å². The third-order valence-corrected chi connectivity index (χ3v) is 2.25. The van der Waals surface area contributed by atoms with Crippen LogP contribution in [0.25, 0.3) is 0 Å². The van der Waals surface area contributed by atoms with Crippen molar-refractivity contribution in [3.8, 4) is 5.75 Å². The van der Waals surface area contributed by atoms with E-state index in [1.54, 1.807) is 0 Å². The number of aliphatic hydroxyl groups excluding tert-OH is 1. The zero-order valence-corrected chi connectivity index (χ0v) is 9.89. The van der Waals surface area contributed by atoms with Gasteiger partial charge in [-0.25, -0.2) is 0 Å². The van der Waals surface area contributed by atoms with E-state index in [4.69, 9.17) is 9.84 Å². The molecular formula is C13H19NO3. The molecule has 1 rings (SSSR count). The molecule has 0 aliphatic carbocycles. The molecule has 0 atom stereocenters. The van der Waals surface area contributed by atoms with Gasteiger partial charge in [-0.1, -0.05) is 18.2 Å². The van der Waals surface area contributed by atoms with E-state index in [2.05, 4.69) is 5.32 Å². The maximum atomic E-state index is 11.3. The molecule has 0 spiro atoms. The summed E-state index contributed by atoms with van der Waals surface area (Å²) in [4.78, 5) is 11.3. The second kappa shape index (κ2) is 8.58. The van der Waals surface area contributed by atoms with Crippen LogP contribution in [0.3, 0.4) is 0 Å². The summed E-state index contributed by atoms with van der Waals surface area (Å²) in [7, 11) is 0. The molecule has 0 unspecified atom stereocenters. The summed E-state index contributed by atoms with van der Waals surface area (Å²) < 4.78 is 5.40. The van der Waals surface area contributed by atoms with Gasteiger partial charge in [0.15, 0.2) is 0 Å². The van der Waals surface area contributed by atoms with Gasteiger partial charge >= 0.3 is 0 Å². The van der Waals surface area contributed by atoms with Crippen molar-refractivity contribution in [3.63, 3.8) is 0 Å². The molecule has 0 fully saturated rings. The van der Waals surface area contributed by atoms with E-state index in [1.165, 1.54) is 0 Å². The van der Waals surface area contributed by atoms with Crippen LogP contribution in [0.1, 0.15) is 19.3 Å². The summed E-state index contributed by atoms with van der Waals surface area (Å²) in [6, 6.07) is 9.42. The van der Waals surface area contributed by atoms with Gasteiger partial charge in [-0.05, 0) is 25.0 Å². The number of carbonyl (C=O) groups is 1. The van der Waals surface area contributed by atoms with Crippen LogP contribution >= 0.6 is 0 Å². The van der Waals surface area contributed by atoms with Gasteiger partial charge in [-0.3, -0.25) is 4.79 Å². The highest BCUT2D eigenvalue weighted by atomic mass is 16.5. The maximum absolute atomic E-state index is 11.3. The number of rotatable bonds is 8. The minimum absolute atomic E-state index is 0.0149. The molecule has 0 bridgehead atoms. The summed E-state index contributed by atoms with van der Waals surface area (Å²) in [6.45, 7) is 1.17. The van der Waals surface area contributed by atoms with E-state index in [1.807, 2.05) is 30.3 Å². The van der Waals surface area contributed by atoms with E-state index in [-0.39, 0.29) is 12.5 Å². The minimum Gasteiger partial charge on any atom is -0.493 e. The van der Waals surface area contributed by atoms with Crippen molar-refractivity contribution in [1.82, 2.24) is 5.32 Å². The van der Waals surface area contributed by atoms with E-state index < -0.39 is 0 Å². The fraction of sp³-hybridized carbons (Fsp3) is 0.462. The minimum atomic E-state index is -0.0149. The van der Waals surface area contributed by atoms with Crippen LogP contribution < -0.4 is 10.1 Å². The SMILES string of the molecule is O=C(CCOc1ccccc1)NCCCCO. The van der Waals surface area contributed by atoms with E-state index in [0.717, 1.165) is 18.6 Å². The van der Waals surface area contributed by atoms with Crippen molar-refractivity contribution < 1.29 is 14.6 Å². The highest BCUT2D eigenvalue weighted by Crippen LogP contribution is 2.08. The van der Waals surface area contributed by atoms with Gasteiger partial charge < -0.3 is 15.2 Å². The van der Waals surface area contributed by atoms with Gasteiger partial charge in [-0.15, -0.1) is 0 Å². The fourth-order valence-corrected chi connectivity index (χ4v) is 1.33. The second-order valence-corrected chi connectivity index (χ2v) is 3.69. The lowest BCUT2D eigenvalue weighted by Crippen LogP contribution is -2.26. The highest BCUT2D eigenvalue weighted by Gasteiger charge is 2.00. The number of carbonyl (C=O) groups excluding carboxylic acids is 1. The molecule has 1 aromatic rings. The molecule has 94 valence electrons. The quantitative estimate of drug-likeness (QED) is 0.671. The first-order chi connectivity index (χ1) is 8.33. The number of hydrogen-bond donors (Lipinski definition) is 2. The van der Waals surface area contributed by atoms with Crippen LogP contribution in [-0.4, -0.2) is 30.8 Å². The smallest absolute Gasteiger partial charge is 0.223 e. The molecule has 4 heteroatoms. The monoisotopic (exact) mass is 237 g/mol. The first-order valence-corrected chi connectivity index (χ1v) is 5.88. The summed E-state index contributed by atoms with van der Waals surface area (Å²) in [6.07, 6.45) is 1.89. The molecule has 0 radical (unpaired) electrons. The number of ether oxygens (including phenoxy) is 1. The molecule has 0 aliphatic heterocycles. The molecule has 1 amide bonds. The lowest BCUT2D eigenvalue weighted by Gasteiger charge is -2.06. The topological polar surface area (TPSA) is 58.6 Å². The van der Waals surface area contributed by atoms with Crippen molar-refractivity contribution in [3.05, 3.63) is 30.3 Å². The average Bonchev–Trinajstić information content (AvgIpc) is 2.36. The molecule has 1 aromatic carbocycles. The zero-order chi connectivity index (χ0) is 12.3. The van der Waals surface area contributed by atoms with Gasteiger partial charge in [0.2, 0.25) is 5.91 Å². The van der Waals surface area contributed by atoms with Crippen molar-refractivity contribution in [2.45, 2.75) is 19.3 Å². The average molecular weight is 237 g/mol. The lowest BCUT2D eigenvalue weighted by molar-refractivity contribution is -0.121. The Bertz CT molecular complexity index is 314. The number of nitrogens with one attached hydrogen (secondary N) is 1. The standard InChI is InChI=1S/C13H19NO3/c15-10-5-4-9-14-13(16)8-11-17-12-6-2-1-3-7-12/h1-3,6-7,15H,4-5,8-11H2,(H,14,16). The Morgan fingerprint density at radius 3 is 2.71 bits per heavy atom. The van der Waals surface area contributed by atoms with Gasteiger partial charge in [0.25, 0.3) is 0 Å². The molecule has 2 N–H and O–H groups in total. The van der Waals surface area contributed by atoms with Gasteiger partial charge in [0, 0.05) is 13.2 Å². The van der Waals surface area contributed by atoms with Crippen molar-refractivity contribution in [2.24, 2.45) is 0 Å². The first kappa shape index (κ1) is 13.5. The predicted molar refractivity (Wildman–Crippen MR) is 65.9 cm³/mol. The maximum Gasteiger partial charge on any atom is 0.223 e. The lowest BCUT2D eigenvalue weighted by atomic mass is 10.3.